The Morgan fingerprint density at radius 1 is 1.10 bits per heavy atom. The fourth-order valence-electron chi connectivity index (χ4n) is 4.57. The lowest BCUT2D eigenvalue weighted by atomic mass is 9.70. The van der Waals surface area contributed by atoms with Gasteiger partial charge in [-0.1, -0.05) is 48.4 Å². The summed E-state index contributed by atoms with van der Waals surface area (Å²) < 4.78 is 5.86. The number of hydrogen-bond donors (Lipinski definition) is 0. The molecule has 0 bridgehead atoms. The van der Waals surface area contributed by atoms with E-state index in [2.05, 4.69) is 30.3 Å². The van der Waals surface area contributed by atoms with Crippen LogP contribution in [-0.4, -0.2) is 11.6 Å². The first-order valence-electron chi connectivity index (χ1n) is 7.72. The average Bonchev–Trinajstić information content (AvgIpc) is 2.94. The Hall–Kier alpha value is -1.57. The summed E-state index contributed by atoms with van der Waals surface area (Å²) in [7, 11) is 0. The normalized spacial score (nSPS) is 37.6. The van der Waals surface area contributed by atoms with E-state index in [1.165, 1.54) is 30.4 Å². The molecular formula is C18H20O2. The van der Waals surface area contributed by atoms with Crippen molar-refractivity contribution in [2.75, 3.05) is 0 Å². The van der Waals surface area contributed by atoms with Gasteiger partial charge < -0.3 is 4.74 Å². The van der Waals surface area contributed by atoms with Crippen LogP contribution in [0.15, 0.2) is 35.9 Å². The van der Waals surface area contributed by atoms with Crippen LogP contribution in [0.3, 0.4) is 0 Å². The topological polar surface area (TPSA) is 26.3 Å². The van der Waals surface area contributed by atoms with Gasteiger partial charge in [0.25, 0.3) is 0 Å². The number of carbonyl (C=O) groups excluding carboxylic acids is 1. The van der Waals surface area contributed by atoms with Gasteiger partial charge in [-0.15, -0.1) is 0 Å². The molecule has 2 saturated carbocycles. The summed E-state index contributed by atoms with van der Waals surface area (Å²) in [5, 5.41) is 0. The molecule has 0 N–H and O–H groups in total. The van der Waals surface area contributed by atoms with Crippen molar-refractivity contribution in [2.45, 2.75) is 44.1 Å². The second-order valence-corrected chi connectivity index (χ2v) is 6.55. The van der Waals surface area contributed by atoms with Gasteiger partial charge >= 0.3 is 5.97 Å². The Balaban J connectivity index is 1.65. The van der Waals surface area contributed by atoms with E-state index >= 15 is 0 Å². The van der Waals surface area contributed by atoms with Crippen molar-refractivity contribution in [3.8, 4) is 0 Å². The quantitative estimate of drug-likeness (QED) is 0.720. The molecule has 3 fully saturated rings. The summed E-state index contributed by atoms with van der Waals surface area (Å²) in [5.74, 6) is 1.06. The number of rotatable bonds is 1. The summed E-state index contributed by atoms with van der Waals surface area (Å²) in [5.41, 5.74) is 2.58. The first kappa shape index (κ1) is 12.2. The number of esters is 1. The molecule has 3 atom stereocenters. The van der Waals surface area contributed by atoms with E-state index in [4.69, 9.17) is 4.74 Å². The van der Waals surface area contributed by atoms with Crippen molar-refractivity contribution in [3.63, 3.8) is 0 Å². The molecule has 1 heterocycles. The first-order valence-corrected chi connectivity index (χ1v) is 7.72. The fraction of sp³-hybridized carbons (Fsp3) is 0.500. The van der Waals surface area contributed by atoms with Crippen LogP contribution in [0, 0.1) is 11.8 Å². The summed E-state index contributed by atoms with van der Waals surface area (Å²) in [4.78, 5) is 11.8. The summed E-state index contributed by atoms with van der Waals surface area (Å²) >= 11 is 0. The van der Waals surface area contributed by atoms with Crippen LogP contribution in [0.25, 0.3) is 6.08 Å². The van der Waals surface area contributed by atoms with Crippen LogP contribution in [0.2, 0.25) is 0 Å². The molecular weight excluding hydrogens is 248 g/mol. The zero-order valence-electron chi connectivity index (χ0n) is 11.7. The van der Waals surface area contributed by atoms with E-state index in [1.54, 1.807) is 0 Å². The summed E-state index contributed by atoms with van der Waals surface area (Å²) in [6.07, 6.45) is 8.66. The Kier molecular flexibility index (Phi) is 2.73. The molecule has 2 heteroatoms. The van der Waals surface area contributed by atoms with Crippen molar-refractivity contribution in [2.24, 2.45) is 11.8 Å². The number of hydrogen-bond acceptors (Lipinski definition) is 2. The molecule has 2 nitrogen and oxygen atoms in total. The Labute approximate surface area is 119 Å². The second kappa shape index (κ2) is 4.47. The lowest BCUT2D eigenvalue weighted by Crippen LogP contribution is -2.42. The molecule has 1 aliphatic heterocycles. The average molecular weight is 268 g/mol. The van der Waals surface area contributed by atoms with Crippen LogP contribution >= 0.6 is 0 Å². The van der Waals surface area contributed by atoms with Crippen molar-refractivity contribution in [1.29, 1.82) is 0 Å². The molecule has 1 aromatic carbocycles. The monoisotopic (exact) mass is 268 g/mol. The molecule has 1 unspecified atom stereocenters. The second-order valence-electron chi connectivity index (χ2n) is 6.55. The van der Waals surface area contributed by atoms with Gasteiger partial charge in [0.1, 0.15) is 5.60 Å². The molecule has 1 spiro atoms. The smallest absolute Gasteiger partial charge is 0.306 e. The maximum absolute atomic E-state index is 11.8. The molecule has 2 aliphatic carbocycles. The minimum atomic E-state index is -0.143. The summed E-state index contributed by atoms with van der Waals surface area (Å²) in [6.45, 7) is 0. The van der Waals surface area contributed by atoms with Crippen molar-refractivity contribution < 1.29 is 9.53 Å². The maximum Gasteiger partial charge on any atom is 0.306 e. The van der Waals surface area contributed by atoms with Gasteiger partial charge in [-0.05, 0) is 24.8 Å². The highest BCUT2D eigenvalue weighted by atomic mass is 16.6. The molecule has 4 rings (SSSR count). The number of carbonyl (C=O) groups is 1. The Morgan fingerprint density at radius 2 is 1.85 bits per heavy atom. The summed E-state index contributed by atoms with van der Waals surface area (Å²) in [6, 6.07) is 10.5. The maximum atomic E-state index is 11.8. The van der Waals surface area contributed by atoms with E-state index in [1.807, 2.05) is 6.07 Å². The lowest BCUT2D eigenvalue weighted by Gasteiger charge is -2.39. The largest absolute Gasteiger partial charge is 0.458 e. The molecule has 0 radical (unpaired) electrons. The zero-order chi connectivity index (χ0) is 13.6. The van der Waals surface area contributed by atoms with Gasteiger partial charge in [0.05, 0.1) is 6.42 Å². The zero-order valence-corrected chi connectivity index (χ0v) is 11.7. The molecule has 0 amide bonds. The van der Waals surface area contributed by atoms with Crippen molar-refractivity contribution in [1.82, 2.24) is 0 Å². The third-order valence-corrected chi connectivity index (χ3v) is 5.39. The first-order chi connectivity index (χ1) is 9.76. The predicted molar refractivity (Wildman–Crippen MR) is 77.9 cm³/mol. The lowest BCUT2D eigenvalue weighted by molar-refractivity contribution is -0.154. The van der Waals surface area contributed by atoms with Crippen LogP contribution < -0.4 is 0 Å². The van der Waals surface area contributed by atoms with E-state index in [9.17, 15) is 4.79 Å². The van der Waals surface area contributed by atoms with E-state index in [0.29, 0.717) is 18.3 Å². The van der Waals surface area contributed by atoms with Gasteiger partial charge in [-0.3, -0.25) is 4.79 Å². The third kappa shape index (κ3) is 1.81. The van der Waals surface area contributed by atoms with Crippen LogP contribution in [0.1, 0.15) is 44.1 Å². The van der Waals surface area contributed by atoms with Gasteiger partial charge in [0.2, 0.25) is 0 Å². The van der Waals surface area contributed by atoms with Crippen LogP contribution in [-0.2, 0) is 9.53 Å². The van der Waals surface area contributed by atoms with Gasteiger partial charge in [-0.2, -0.15) is 0 Å². The van der Waals surface area contributed by atoms with Crippen molar-refractivity contribution >= 4 is 12.0 Å². The SMILES string of the molecule is O=C1C[C@@H]2CCCC3C/C(=C/c4ccccc4)C[C@]32O1. The highest BCUT2D eigenvalue weighted by molar-refractivity contribution is 5.73. The standard InChI is InChI=1S/C18H20O2/c19-17-11-16-8-4-7-15-10-14(12-18(15,16)20-17)9-13-5-2-1-3-6-13/h1-3,5-6,9,15-16H,4,7-8,10-12H2/b14-9-/t15?,16-,18-/m0/s1. The fourth-order valence-corrected chi connectivity index (χ4v) is 4.57. The third-order valence-electron chi connectivity index (χ3n) is 5.39. The van der Waals surface area contributed by atoms with Gasteiger partial charge in [0, 0.05) is 18.3 Å². The highest BCUT2D eigenvalue weighted by Crippen LogP contribution is 2.57. The predicted octanol–water partition coefficient (Wildman–Crippen LogP) is 3.97. The Morgan fingerprint density at radius 3 is 2.65 bits per heavy atom. The molecule has 3 aliphatic rings. The van der Waals surface area contributed by atoms with Crippen LogP contribution in [0.5, 0.6) is 0 Å². The molecule has 1 aromatic rings. The van der Waals surface area contributed by atoms with E-state index in [0.717, 1.165) is 12.8 Å². The minimum Gasteiger partial charge on any atom is -0.458 e. The minimum absolute atomic E-state index is 0.0304. The molecule has 0 aromatic heterocycles. The molecule has 1 saturated heterocycles. The van der Waals surface area contributed by atoms with Crippen LogP contribution in [0.4, 0.5) is 0 Å². The van der Waals surface area contributed by atoms with Crippen molar-refractivity contribution in [3.05, 3.63) is 41.5 Å². The Bertz CT molecular complexity index is 560. The van der Waals surface area contributed by atoms with Gasteiger partial charge in [0.15, 0.2) is 0 Å². The number of benzene rings is 1. The molecule has 20 heavy (non-hydrogen) atoms. The van der Waals surface area contributed by atoms with E-state index < -0.39 is 0 Å². The van der Waals surface area contributed by atoms with E-state index in [-0.39, 0.29) is 11.6 Å². The highest BCUT2D eigenvalue weighted by Gasteiger charge is 2.58. The van der Waals surface area contributed by atoms with Gasteiger partial charge in [-0.25, -0.2) is 0 Å². The number of ether oxygens (including phenoxy) is 1. The molecule has 104 valence electrons.